The first kappa shape index (κ1) is 14.3. The van der Waals surface area contributed by atoms with Crippen LogP contribution in [0.2, 0.25) is 0 Å². The molecule has 0 spiro atoms. The lowest BCUT2D eigenvalue weighted by atomic mass is 10.1. The average molecular weight is 268 g/mol. The molecular formula is C15H22F2N2. The van der Waals surface area contributed by atoms with Gasteiger partial charge < -0.3 is 10.2 Å². The second kappa shape index (κ2) is 5.87. The van der Waals surface area contributed by atoms with E-state index in [4.69, 9.17) is 0 Å². The number of anilines is 1. The highest BCUT2D eigenvalue weighted by Crippen LogP contribution is 2.27. The number of rotatable bonds is 6. The highest BCUT2D eigenvalue weighted by atomic mass is 19.1. The molecule has 106 valence electrons. The van der Waals surface area contributed by atoms with Crippen molar-refractivity contribution < 1.29 is 8.78 Å². The lowest BCUT2D eigenvalue weighted by Gasteiger charge is -2.28. The Bertz CT molecular complexity index is 419. The van der Waals surface area contributed by atoms with Crippen LogP contribution in [-0.4, -0.2) is 18.6 Å². The summed E-state index contributed by atoms with van der Waals surface area (Å²) in [5.74, 6) is -0.939. The van der Waals surface area contributed by atoms with Gasteiger partial charge in [-0.25, -0.2) is 8.78 Å². The van der Waals surface area contributed by atoms with E-state index in [9.17, 15) is 8.78 Å². The van der Waals surface area contributed by atoms with Crippen LogP contribution >= 0.6 is 0 Å². The molecule has 2 nitrogen and oxygen atoms in total. The normalized spacial score (nSPS) is 15.1. The standard InChI is InChI=1S/C15H22F2N2/c1-4-19(10(2)3)15-13(16)7-11(8-14(15)17)9-18-12-5-6-12/h7-8,10,12,18H,4-6,9H2,1-3H3. The van der Waals surface area contributed by atoms with E-state index in [1.54, 1.807) is 4.90 Å². The first-order chi connectivity index (χ1) is 9.02. The average Bonchev–Trinajstić information content (AvgIpc) is 3.14. The Kier molecular flexibility index (Phi) is 4.40. The van der Waals surface area contributed by atoms with Gasteiger partial charge in [0.25, 0.3) is 0 Å². The minimum Gasteiger partial charge on any atom is -0.365 e. The van der Waals surface area contributed by atoms with Crippen LogP contribution in [0.15, 0.2) is 12.1 Å². The Labute approximate surface area is 113 Å². The Morgan fingerprint density at radius 1 is 1.26 bits per heavy atom. The lowest BCUT2D eigenvalue weighted by molar-refractivity contribution is 0.553. The van der Waals surface area contributed by atoms with Crippen molar-refractivity contribution in [3.05, 3.63) is 29.3 Å². The quantitative estimate of drug-likeness (QED) is 0.850. The van der Waals surface area contributed by atoms with Gasteiger partial charge in [0.1, 0.15) is 17.3 Å². The molecule has 0 aromatic heterocycles. The van der Waals surface area contributed by atoms with Crippen LogP contribution in [0, 0.1) is 11.6 Å². The fraction of sp³-hybridized carbons (Fsp3) is 0.600. The van der Waals surface area contributed by atoms with Gasteiger partial charge >= 0.3 is 0 Å². The third kappa shape index (κ3) is 3.44. The van der Waals surface area contributed by atoms with E-state index >= 15 is 0 Å². The molecule has 0 radical (unpaired) electrons. The molecule has 0 saturated heterocycles. The summed E-state index contributed by atoms with van der Waals surface area (Å²) in [6, 6.07) is 3.50. The van der Waals surface area contributed by atoms with Crippen molar-refractivity contribution in [3.8, 4) is 0 Å². The Balaban J connectivity index is 2.19. The molecule has 2 rings (SSSR count). The summed E-state index contributed by atoms with van der Waals surface area (Å²) in [6.45, 7) is 6.90. The van der Waals surface area contributed by atoms with Crippen LogP contribution in [0.3, 0.4) is 0 Å². The van der Waals surface area contributed by atoms with E-state index in [1.807, 2.05) is 20.8 Å². The largest absolute Gasteiger partial charge is 0.365 e. The molecule has 1 N–H and O–H groups in total. The van der Waals surface area contributed by atoms with E-state index in [0.717, 1.165) is 0 Å². The fourth-order valence-electron chi connectivity index (χ4n) is 2.33. The van der Waals surface area contributed by atoms with E-state index in [1.165, 1.54) is 25.0 Å². The van der Waals surface area contributed by atoms with Gasteiger partial charge in [-0.3, -0.25) is 0 Å². The minimum absolute atomic E-state index is 0.0736. The SMILES string of the molecule is CCN(c1c(F)cc(CNC2CC2)cc1F)C(C)C. The predicted octanol–water partition coefficient (Wildman–Crippen LogP) is 3.45. The van der Waals surface area contributed by atoms with Crippen molar-refractivity contribution in [3.63, 3.8) is 0 Å². The van der Waals surface area contributed by atoms with Gasteiger partial charge in [0.05, 0.1) is 0 Å². The molecule has 0 aliphatic heterocycles. The lowest BCUT2D eigenvalue weighted by Crippen LogP contribution is -2.32. The minimum atomic E-state index is -0.469. The summed E-state index contributed by atoms with van der Waals surface area (Å²) in [6.07, 6.45) is 2.33. The molecule has 0 atom stereocenters. The van der Waals surface area contributed by atoms with E-state index in [-0.39, 0.29) is 11.7 Å². The summed E-state index contributed by atoms with van der Waals surface area (Å²) >= 11 is 0. The van der Waals surface area contributed by atoms with Gasteiger partial charge in [-0.15, -0.1) is 0 Å². The third-order valence-corrected chi connectivity index (χ3v) is 3.50. The monoisotopic (exact) mass is 268 g/mol. The van der Waals surface area contributed by atoms with Gasteiger partial charge in [-0.05, 0) is 51.3 Å². The molecule has 0 heterocycles. The van der Waals surface area contributed by atoms with E-state index in [2.05, 4.69) is 5.32 Å². The number of halogens is 2. The molecule has 4 heteroatoms. The summed E-state index contributed by atoms with van der Waals surface area (Å²) in [7, 11) is 0. The number of hydrogen-bond acceptors (Lipinski definition) is 2. The maximum Gasteiger partial charge on any atom is 0.149 e. The van der Waals surface area contributed by atoms with Crippen molar-refractivity contribution in [1.82, 2.24) is 5.32 Å². The highest BCUT2D eigenvalue weighted by molar-refractivity contribution is 5.51. The molecule has 0 amide bonds. The van der Waals surface area contributed by atoms with Gasteiger partial charge in [-0.2, -0.15) is 0 Å². The Hall–Kier alpha value is -1.16. The highest BCUT2D eigenvalue weighted by Gasteiger charge is 2.22. The topological polar surface area (TPSA) is 15.3 Å². The molecule has 1 aliphatic rings. The first-order valence-corrected chi connectivity index (χ1v) is 7.00. The maximum atomic E-state index is 14.1. The molecule has 0 unspecified atom stereocenters. The van der Waals surface area contributed by atoms with Crippen molar-refractivity contribution >= 4 is 5.69 Å². The Morgan fingerprint density at radius 2 is 1.84 bits per heavy atom. The van der Waals surface area contributed by atoms with Crippen LogP contribution in [0.5, 0.6) is 0 Å². The Morgan fingerprint density at radius 3 is 2.26 bits per heavy atom. The van der Waals surface area contributed by atoms with Gasteiger partial charge in [0.15, 0.2) is 0 Å². The van der Waals surface area contributed by atoms with Crippen LogP contribution in [0.4, 0.5) is 14.5 Å². The van der Waals surface area contributed by atoms with Crippen molar-refractivity contribution in [1.29, 1.82) is 0 Å². The first-order valence-electron chi connectivity index (χ1n) is 7.00. The zero-order valence-electron chi connectivity index (χ0n) is 11.8. The van der Waals surface area contributed by atoms with Crippen LogP contribution in [0.25, 0.3) is 0 Å². The van der Waals surface area contributed by atoms with Gasteiger partial charge in [0, 0.05) is 25.2 Å². The number of hydrogen-bond donors (Lipinski definition) is 1. The van der Waals surface area contributed by atoms with Crippen LogP contribution in [0.1, 0.15) is 39.2 Å². The summed E-state index contributed by atoms with van der Waals surface area (Å²) in [5.41, 5.74) is 0.762. The second-order valence-corrected chi connectivity index (χ2v) is 5.44. The second-order valence-electron chi connectivity index (χ2n) is 5.44. The summed E-state index contributed by atoms with van der Waals surface area (Å²) < 4.78 is 28.3. The summed E-state index contributed by atoms with van der Waals surface area (Å²) in [5, 5.41) is 3.27. The molecule has 1 aliphatic carbocycles. The third-order valence-electron chi connectivity index (χ3n) is 3.50. The molecular weight excluding hydrogens is 246 g/mol. The maximum absolute atomic E-state index is 14.1. The molecule has 1 fully saturated rings. The van der Waals surface area contributed by atoms with Gasteiger partial charge in [-0.1, -0.05) is 0 Å². The number of nitrogens with zero attached hydrogens (tertiary/aromatic N) is 1. The van der Waals surface area contributed by atoms with Crippen molar-refractivity contribution in [2.24, 2.45) is 0 Å². The van der Waals surface area contributed by atoms with Gasteiger partial charge in [0.2, 0.25) is 0 Å². The molecule has 0 bridgehead atoms. The van der Waals surface area contributed by atoms with E-state index in [0.29, 0.717) is 24.7 Å². The molecule has 19 heavy (non-hydrogen) atoms. The van der Waals surface area contributed by atoms with Crippen molar-refractivity contribution in [2.45, 2.75) is 52.2 Å². The number of nitrogens with one attached hydrogen (secondary N) is 1. The molecule has 1 saturated carbocycles. The van der Waals surface area contributed by atoms with E-state index < -0.39 is 11.6 Å². The zero-order valence-corrected chi connectivity index (χ0v) is 11.8. The van der Waals surface area contributed by atoms with Crippen LogP contribution in [-0.2, 0) is 6.54 Å². The van der Waals surface area contributed by atoms with Crippen LogP contribution < -0.4 is 10.2 Å². The van der Waals surface area contributed by atoms with Crippen molar-refractivity contribution in [2.75, 3.05) is 11.4 Å². The molecule has 1 aromatic carbocycles. The zero-order chi connectivity index (χ0) is 14.0. The molecule has 1 aromatic rings. The predicted molar refractivity (Wildman–Crippen MR) is 74.4 cm³/mol. The fourth-order valence-corrected chi connectivity index (χ4v) is 2.33. The smallest absolute Gasteiger partial charge is 0.149 e. The summed E-state index contributed by atoms with van der Waals surface area (Å²) in [4.78, 5) is 1.74. The number of benzene rings is 1.